The molecule has 1 aromatic heterocycles. The molecular formula is C21H20N4O2S. The molecule has 0 spiro atoms. The van der Waals surface area contributed by atoms with Crippen molar-refractivity contribution >= 4 is 23.4 Å². The molecule has 4 rings (SSSR count). The molecule has 7 heteroatoms. The number of thioether (sulfide) groups is 1. The molecule has 142 valence electrons. The Hall–Kier alpha value is -2.93. The Bertz CT molecular complexity index is 1050. The summed E-state index contributed by atoms with van der Waals surface area (Å²) in [5.74, 6) is 0.252. The van der Waals surface area contributed by atoms with Gasteiger partial charge >= 0.3 is 0 Å². The molecule has 0 saturated heterocycles. The number of hydrogen-bond donors (Lipinski definition) is 0. The molecule has 1 unspecified atom stereocenters. The van der Waals surface area contributed by atoms with Gasteiger partial charge in [0.25, 0.3) is 0 Å². The van der Waals surface area contributed by atoms with Gasteiger partial charge in [-0.3, -0.25) is 9.69 Å². The number of aromatic nitrogens is 3. The van der Waals surface area contributed by atoms with Crippen molar-refractivity contribution in [2.24, 2.45) is 0 Å². The molecule has 0 bridgehead atoms. The largest absolute Gasteiger partial charge is 0.447 e. The second-order valence-electron chi connectivity index (χ2n) is 6.74. The first-order chi connectivity index (χ1) is 13.5. The van der Waals surface area contributed by atoms with Crippen molar-refractivity contribution in [2.45, 2.75) is 32.2 Å². The van der Waals surface area contributed by atoms with E-state index in [2.05, 4.69) is 15.2 Å². The number of rotatable bonds is 2. The molecule has 3 aromatic rings. The third kappa shape index (κ3) is 3.22. The fourth-order valence-electron chi connectivity index (χ4n) is 3.25. The number of hydrogen-bond acceptors (Lipinski definition) is 6. The number of aryl methyl sites for hydroxylation is 2. The van der Waals surface area contributed by atoms with E-state index in [1.165, 1.54) is 18.7 Å². The van der Waals surface area contributed by atoms with E-state index in [1.807, 2.05) is 62.6 Å². The van der Waals surface area contributed by atoms with Crippen LogP contribution in [-0.2, 0) is 4.79 Å². The molecule has 28 heavy (non-hydrogen) atoms. The number of benzene rings is 2. The highest BCUT2D eigenvalue weighted by atomic mass is 32.2. The zero-order valence-corrected chi connectivity index (χ0v) is 16.9. The van der Waals surface area contributed by atoms with Crippen LogP contribution in [0.1, 0.15) is 29.8 Å². The molecule has 0 radical (unpaired) electrons. The fraction of sp³-hybridized carbons (Fsp3) is 0.238. The Kier molecular flexibility index (Phi) is 4.77. The summed E-state index contributed by atoms with van der Waals surface area (Å²) >= 11 is 1.39. The van der Waals surface area contributed by atoms with Crippen LogP contribution in [0.15, 0.2) is 47.6 Å². The lowest BCUT2D eigenvalue weighted by Gasteiger charge is -2.30. The highest BCUT2D eigenvalue weighted by molar-refractivity contribution is 7.98. The van der Waals surface area contributed by atoms with Crippen LogP contribution in [0.2, 0.25) is 0 Å². The zero-order valence-electron chi connectivity index (χ0n) is 16.1. The maximum atomic E-state index is 12.7. The minimum absolute atomic E-state index is 0.124. The summed E-state index contributed by atoms with van der Waals surface area (Å²) in [4.78, 5) is 18.9. The third-order valence-corrected chi connectivity index (χ3v) is 5.18. The average molecular weight is 392 g/mol. The minimum Gasteiger partial charge on any atom is -0.447 e. The molecule has 0 aliphatic carbocycles. The lowest BCUT2D eigenvalue weighted by molar-refractivity contribution is -0.118. The first-order valence-electron chi connectivity index (χ1n) is 8.90. The molecule has 2 heterocycles. The molecule has 2 aromatic carbocycles. The van der Waals surface area contributed by atoms with Crippen molar-refractivity contribution in [1.82, 2.24) is 15.2 Å². The van der Waals surface area contributed by atoms with Crippen LogP contribution < -0.4 is 9.64 Å². The zero-order chi connectivity index (χ0) is 19.8. The predicted molar refractivity (Wildman–Crippen MR) is 109 cm³/mol. The molecule has 6 nitrogen and oxygen atoms in total. The summed E-state index contributed by atoms with van der Waals surface area (Å²) in [7, 11) is 0. The summed E-state index contributed by atoms with van der Waals surface area (Å²) in [5, 5.41) is 9.07. The smallest absolute Gasteiger partial charge is 0.247 e. The Morgan fingerprint density at radius 2 is 1.79 bits per heavy atom. The quantitative estimate of drug-likeness (QED) is 0.605. The molecule has 0 fully saturated rings. The number of ether oxygens (including phenoxy) is 1. The van der Waals surface area contributed by atoms with Gasteiger partial charge in [0, 0.05) is 18.1 Å². The highest BCUT2D eigenvalue weighted by Gasteiger charge is 2.34. The van der Waals surface area contributed by atoms with Gasteiger partial charge < -0.3 is 4.74 Å². The molecule has 0 N–H and O–H groups in total. The van der Waals surface area contributed by atoms with E-state index in [4.69, 9.17) is 4.74 Å². The normalized spacial score (nSPS) is 15.3. The Balaban J connectivity index is 1.98. The standard InChI is InChI=1S/C21H20N4O2S/c1-12-5-8-15(9-6-12)20-25(14(3)26)17-10-7-13(2)11-16(17)18-19(27-20)22-21(28-4)24-23-18/h5-11,20H,1-4H3. The van der Waals surface area contributed by atoms with E-state index in [0.29, 0.717) is 16.7 Å². The maximum absolute atomic E-state index is 12.7. The number of carbonyl (C=O) groups excluding carboxylic acids is 1. The summed E-state index contributed by atoms with van der Waals surface area (Å²) in [6, 6.07) is 13.8. The summed E-state index contributed by atoms with van der Waals surface area (Å²) < 4.78 is 6.30. The van der Waals surface area contributed by atoms with Crippen molar-refractivity contribution in [3.8, 4) is 17.1 Å². The van der Waals surface area contributed by atoms with E-state index in [9.17, 15) is 4.79 Å². The van der Waals surface area contributed by atoms with Gasteiger partial charge in [0.15, 0.2) is 5.69 Å². The third-order valence-electron chi connectivity index (χ3n) is 4.64. The second kappa shape index (κ2) is 7.24. The van der Waals surface area contributed by atoms with Gasteiger partial charge in [-0.1, -0.05) is 53.2 Å². The number of carbonyl (C=O) groups is 1. The first-order valence-corrected chi connectivity index (χ1v) is 10.1. The molecule has 1 atom stereocenters. The fourth-order valence-corrected chi connectivity index (χ4v) is 3.55. The van der Waals surface area contributed by atoms with Crippen LogP contribution in [0.5, 0.6) is 5.88 Å². The topological polar surface area (TPSA) is 68.2 Å². The van der Waals surface area contributed by atoms with Crippen LogP contribution in [-0.4, -0.2) is 27.3 Å². The molecule has 1 aliphatic rings. The Morgan fingerprint density at radius 1 is 1.07 bits per heavy atom. The van der Waals surface area contributed by atoms with E-state index in [0.717, 1.165) is 27.9 Å². The average Bonchev–Trinajstić information content (AvgIpc) is 2.82. The minimum atomic E-state index is -0.646. The highest BCUT2D eigenvalue weighted by Crippen LogP contribution is 2.43. The number of amides is 1. The SMILES string of the molecule is CSc1nnc2c(n1)OC(c1ccc(C)cc1)N(C(C)=O)c1ccc(C)cc1-2. The molecule has 1 aliphatic heterocycles. The van der Waals surface area contributed by atoms with Crippen molar-refractivity contribution in [2.75, 3.05) is 11.2 Å². The van der Waals surface area contributed by atoms with Gasteiger partial charge in [-0.25, -0.2) is 0 Å². The van der Waals surface area contributed by atoms with Crippen molar-refractivity contribution < 1.29 is 9.53 Å². The van der Waals surface area contributed by atoms with Gasteiger partial charge in [-0.2, -0.15) is 4.98 Å². The molecular weight excluding hydrogens is 372 g/mol. The van der Waals surface area contributed by atoms with Crippen LogP contribution in [0.3, 0.4) is 0 Å². The van der Waals surface area contributed by atoms with Crippen molar-refractivity contribution in [3.63, 3.8) is 0 Å². The van der Waals surface area contributed by atoms with E-state index in [1.54, 1.807) is 4.90 Å². The summed E-state index contributed by atoms with van der Waals surface area (Å²) in [6.07, 6.45) is 1.24. The van der Waals surface area contributed by atoms with E-state index in [-0.39, 0.29) is 5.91 Å². The van der Waals surface area contributed by atoms with Crippen LogP contribution in [0.4, 0.5) is 5.69 Å². The number of nitrogens with zero attached hydrogens (tertiary/aromatic N) is 4. The summed E-state index contributed by atoms with van der Waals surface area (Å²) in [5.41, 5.74) is 5.11. The predicted octanol–water partition coefficient (Wildman–Crippen LogP) is 4.32. The van der Waals surface area contributed by atoms with Crippen LogP contribution >= 0.6 is 11.8 Å². The van der Waals surface area contributed by atoms with Gasteiger partial charge in [0.1, 0.15) is 0 Å². The Morgan fingerprint density at radius 3 is 2.46 bits per heavy atom. The van der Waals surface area contributed by atoms with Crippen molar-refractivity contribution in [3.05, 3.63) is 59.2 Å². The first kappa shape index (κ1) is 18.4. The number of anilines is 1. The van der Waals surface area contributed by atoms with Gasteiger partial charge in [0.05, 0.1) is 5.69 Å². The number of fused-ring (bicyclic) bond motifs is 3. The maximum Gasteiger partial charge on any atom is 0.247 e. The lowest BCUT2D eigenvalue weighted by atomic mass is 10.0. The van der Waals surface area contributed by atoms with Gasteiger partial charge in [-0.05, 0) is 32.2 Å². The van der Waals surface area contributed by atoms with E-state index >= 15 is 0 Å². The van der Waals surface area contributed by atoms with Gasteiger partial charge in [-0.15, -0.1) is 10.2 Å². The molecule has 1 amide bonds. The Labute approximate surface area is 168 Å². The van der Waals surface area contributed by atoms with Gasteiger partial charge in [0.2, 0.25) is 23.2 Å². The van der Waals surface area contributed by atoms with E-state index < -0.39 is 6.23 Å². The lowest BCUT2D eigenvalue weighted by Crippen LogP contribution is -2.36. The summed E-state index contributed by atoms with van der Waals surface area (Å²) in [6.45, 7) is 5.56. The second-order valence-corrected chi connectivity index (χ2v) is 7.52. The monoisotopic (exact) mass is 392 g/mol. The van der Waals surface area contributed by atoms with Crippen molar-refractivity contribution in [1.29, 1.82) is 0 Å². The molecule has 0 saturated carbocycles. The van der Waals surface area contributed by atoms with Crippen LogP contribution in [0, 0.1) is 13.8 Å². The van der Waals surface area contributed by atoms with Crippen LogP contribution in [0.25, 0.3) is 11.3 Å².